The van der Waals surface area contributed by atoms with Crippen LogP contribution in [-0.4, -0.2) is 38.4 Å². The van der Waals surface area contributed by atoms with Crippen LogP contribution < -0.4 is 5.32 Å². The second kappa shape index (κ2) is 6.19. The predicted molar refractivity (Wildman–Crippen MR) is 80.2 cm³/mol. The number of aryl methyl sites for hydroxylation is 1. The molecule has 0 saturated carbocycles. The van der Waals surface area contributed by atoms with Crippen LogP contribution in [0, 0.1) is 6.92 Å². The minimum atomic E-state index is -3.31. The van der Waals surface area contributed by atoms with Crippen molar-refractivity contribution in [3.63, 3.8) is 0 Å². The molecular weight excluding hydrogens is 360 g/mol. The number of nitrogens with one attached hydrogen (secondary N) is 1. The molecule has 1 fully saturated rings. The molecule has 104 valence electrons. The minimum absolute atomic E-state index is 0. The first-order valence-corrected chi connectivity index (χ1v) is 8.45. The molecule has 2 heterocycles. The van der Waals surface area contributed by atoms with Crippen molar-refractivity contribution in [2.24, 2.45) is 0 Å². The molecule has 1 saturated heterocycles. The van der Waals surface area contributed by atoms with Crippen molar-refractivity contribution in [1.82, 2.24) is 9.62 Å². The lowest BCUT2D eigenvalue weighted by molar-refractivity contribution is 0.311. The van der Waals surface area contributed by atoms with Gasteiger partial charge in [0.25, 0.3) is 10.0 Å². The summed E-state index contributed by atoms with van der Waals surface area (Å²) in [6, 6.07) is 1.94. The summed E-state index contributed by atoms with van der Waals surface area (Å²) in [4.78, 5) is 0. The fraction of sp³-hybridized carbons (Fsp3) is 0.600. The van der Waals surface area contributed by atoms with E-state index in [4.69, 9.17) is 0 Å². The van der Waals surface area contributed by atoms with Crippen molar-refractivity contribution < 1.29 is 8.42 Å². The number of hydrogen-bond acceptors (Lipinski definition) is 4. The molecule has 0 amide bonds. The molecule has 0 spiro atoms. The topological polar surface area (TPSA) is 49.4 Å². The van der Waals surface area contributed by atoms with E-state index < -0.39 is 10.0 Å². The standard InChI is InChI=1S/C10H15BrN2O2S2.ClH/c1-7-5-9(16-10(7)11)17(14,15)13-4-3-12-8(2)6-13;/h5,8,12H,3-4,6H2,1-2H3;1H/t8-;/m1./s1. The Morgan fingerprint density at radius 2 is 2.22 bits per heavy atom. The first-order chi connectivity index (χ1) is 7.91. The summed E-state index contributed by atoms with van der Waals surface area (Å²) in [5.41, 5.74) is 0.969. The number of halogens is 2. The van der Waals surface area contributed by atoms with Crippen LogP contribution in [0.2, 0.25) is 0 Å². The Morgan fingerprint density at radius 3 is 2.72 bits per heavy atom. The molecule has 0 aromatic carbocycles. The van der Waals surface area contributed by atoms with Gasteiger partial charge in [-0.2, -0.15) is 4.31 Å². The lowest BCUT2D eigenvalue weighted by atomic mass is 10.3. The highest BCUT2D eigenvalue weighted by atomic mass is 79.9. The van der Waals surface area contributed by atoms with Gasteiger partial charge in [0.05, 0.1) is 3.79 Å². The van der Waals surface area contributed by atoms with E-state index >= 15 is 0 Å². The second-order valence-electron chi connectivity index (χ2n) is 4.24. The van der Waals surface area contributed by atoms with Gasteiger partial charge in [0.15, 0.2) is 0 Å². The van der Waals surface area contributed by atoms with E-state index in [9.17, 15) is 8.42 Å². The SMILES string of the molecule is Cc1cc(S(=O)(=O)N2CCN[C@H](C)C2)sc1Br.Cl. The number of piperazine rings is 1. The molecule has 1 aromatic heterocycles. The predicted octanol–water partition coefficient (Wildman–Crippen LogP) is 2.22. The van der Waals surface area contributed by atoms with Crippen molar-refractivity contribution in [3.05, 3.63) is 15.4 Å². The summed E-state index contributed by atoms with van der Waals surface area (Å²) in [5.74, 6) is 0. The van der Waals surface area contributed by atoms with Crippen LogP contribution in [0.25, 0.3) is 0 Å². The highest BCUT2D eigenvalue weighted by molar-refractivity contribution is 9.11. The number of sulfonamides is 1. The van der Waals surface area contributed by atoms with Crippen LogP contribution in [0.15, 0.2) is 14.1 Å². The molecule has 18 heavy (non-hydrogen) atoms. The Morgan fingerprint density at radius 1 is 1.56 bits per heavy atom. The van der Waals surface area contributed by atoms with E-state index in [1.807, 2.05) is 13.8 Å². The van der Waals surface area contributed by atoms with Gasteiger partial charge >= 0.3 is 0 Å². The number of rotatable bonds is 2. The van der Waals surface area contributed by atoms with E-state index in [1.165, 1.54) is 11.3 Å². The fourth-order valence-corrected chi connectivity index (χ4v) is 5.71. The lowest BCUT2D eigenvalue weighted by Gasteiger charge is -2.30. The molecule has 4 nitrogen and oxygen atoms in total. The van der Waals surface area contributed by atoms with Crippen molar-refractivity contribution in [3.8, 4) is 0 Å². The molecule has 1 N–H and O–H groups in total. The van der Waals surface area contributed by atoms with E-state index in [0.717, 1.165) is 9.35 Å². The van der Waals surface area contributed by atoms with Crippen LogP contribution in [-0.2, 0) is 10.0 Å². The fourth-order valence-electron chi connectivity index (χ4n) is 1.80. The molecular formula is C10H16BrClN2O2S2. The van der Waals surface area contributed by atoms with Crippen molar-refractivity contribution >= 4 is 49.7 Å². The molecule has 1 atom stereocenters. The van der Waals surface area contributed by atoms with E-state index in [-0.39, 0.29) is 18.4 Å². The average Bonchev–Trinajstić information content (AvgIpc) is 2.60. The molecule has 0 aliphatic carbocycles. The highest BCUT2D eigenvalue weighted by Crippen LogP contribution is 2.32. The third kappa shape index (κ3) is 3.26. The van der Waals surface area contributed by atoms with Crippen molar-refractivity contribution in [2.75, 3.05) is 19.6 Å². The zero-order valence-electron chi connectivity index (χ0n) is 10.1. The van der Waals surface area contributed by atoms with Crippen molar-refractivity contribution in [1.29, 1.82) is 0 Å². The maximum absolute atomic E-state index is 12.4. The molecule has 8 heteroatoms. The van der Waals surface area contributed by atoms with Gasteiger partial charge in [0, 0.05) is 25.7 Å². The highest BCUT2D eigenvalue weighted by Gasteiger charge is 2.30. The van der Waals surface area contributed by atoms with E-state index in [0.29, 0.717) is 23.8 Å². The monoisotopic (exact) mass is 374 g/mol. The lowest BCUT2D eigenvalue weighted by Crippen LogP contribution is -2.51. The zero-order chi connectivity index (χ0) is 12.6. The third-order valence-electron chi connectivity index (χ3n) is 2.76. The van der Waals surface area contributed by atoms with Gasteiger partial charge in [0.2, 0.25) is 0 Å². The van der Waals surface area contributed by atoms with Gasteiger partial charge in [-0.3, -0.25) is 0 Å². The Balaban J connectivity index is 0.00000162. The van der Waals surface area contributed by atoms with Gasteiger partial charge in [-0.1, -0.05) is 0 Å². The molecule has 0 radical (unpaired) electrons. The number of nitrogens with zero attached hydrogens (tertiary/aromatic N) is 1. The van der Waals surface area contributed by atoms with Crippen molar-refractivity contribution in [2.45, 2.75) is 24.1 Å². The van der Waals surface area contributed by atoms with E-state index in [1.54, 1.807) is 10.4 Å². The molecule has 1 aliphatic heterocycles. The van der Waals surface area contributed by atoms with Crippen LogP contribution in [0.3, 0.4) is 0 Å². The smallest absolute Gasteiger partial charge is 0.252 e. The van der Waals surface area contributed by atoms with Gasteiger partial charge in [-0.25, -0.2) is 8.42 Å². The summed E-state index contributed by atoms with van der Waals surface area (Å²) >= 11 is 4.65. The Kier molecular flexibility index (Phi) is 5.64. The molecule has 0 unspecified atom stereocenters. The summed E-state index contributed by atoms with van der Waals surface area (Å²) in [7, 11) is -3.31. The normalized spacial score (nSPS) is 21.6. The molecule has 0 bridgehead atoms. The first kappa shape index (κ1) is 16.4. The van der Waals surface area contributed by atoms with Crippen LogP contribution >= 0.6 is 39.7 Å². The Labute approximate surface area is 126 Å². The maximum atomic E-state index is 12.4. The van der Waals surface area contributed by atoms with Gasteiger partial charge < -0.3 is 5.32 Å². The molecule has 2 rings (SSSR count). The van der Waals surface area contributed by atoms with Gasteiger partial charge in [-0.05, 0) is 41.4 Å². The second-order valence-corrected chi connectivity index (χ2v) is 8.78. The van der Waals surface area contributed by atoms with Crippen LogP contribution in [0.5, 0.6) is 0 Å². The number of thiophene rings is 1. The zero-order valence-corrected chi connectivity index (χ0v) is 14.2. The van der Waals surface area contributed by atoms with Gasteiger partial charge in [-0.15, -0.1) is 23.7 Å². The number of hydrogen-bond donors (Lipinski definition) is 1. The Hall–Kier alpha value is 0.340. The summed E-state index contributed by atoms with van der Waals surface area (Å²) in [6.07, 6.45) is 0. The largest absolute Gasteiger partial charge is 0.312 e. The van der Waals surface area contributed by atoms with Crippen LogP contribution in [0.4, 0.5) is 0 Å². The first-order valence-electron chi connectivity index (χ1n) is 5.40. The summed E-state index contributed by atoms with van der Waals surface area (Å²) in [5, 5.41) is 3.24. The molecule has 1 aromatic rings. The summed E-state index contributed by atoms with van der Waals surface area (Å²) < 4.78 is 27.6. The summed E-state index contributed by atoms with van der Waals surface area (Å²) in [6.45, 7) is 5.70. The van der Waals surface area contributed by atoms with Gasteiger partial charge in [0.1, 0.15) is 4.21 Å². The quantitative estimate of drug-likeness (QED) is 0.862. The molecule has 1 aliphatic rings. The van der Waals surface area contributed by atoms with E-state index in [2.05, 4.69) is 21.2 Å². The average molecular weight is 376 g/mol. The van der Waals surface area contributed by atoms with Crippen LogP contribution in [0.1, 0.15) is 12.5 Å². The Bertz CT molecular complexity index is 498. The maximum Gasteiger partial charge on any atom is 0.252 e. The minimum Gasteiger partial charge on any atom is -0.312 e. The third-order valence-corrected chi connectivity index (χ3v) is 7.21.